The lowest BCUT2D eigenvalue weighted by molar-refractivity contribution is 0.853. The normalized spacial score (nSPS) is 10.8. The smallest absolute Gasteiger partial charge is 0.163 e. The van der Waals surface area contributed by atoms with Crippen molar-refractivity contribution in [2.75, 3.05) is 0 Å². The Morgan fingerprint density at radius 2 is 2.12 bits per heavy atom. The van der Waals surface area contributed by atoms with Crippen LogP contribution in [0.5, 0.6) is 0 Å². The van der Waals surface area contributed by atoms with Crippen molar-refractivity contribution in [1.82, 2.24) is 14.8 Å². The van der Waals surface area contributed by atoms with Crippen LogP contribution in [-0.2, 0) is 12.9 Å². The number of alkyl halides is 1. The highest BCUT2D eigenvalue weighted by Crippen LogP contribution is 2.24. The quantitative estimate of drug-likeness (QED) is 0.797. The number of benzene rings is 1. The topological polar surface area (TPSA) is 30.7 Å². The third kappa shape index (κ3) is 1.99. The minimum absolute atomic E-state index is 0.372. The molecule has 1 aromatic carbocycles. The van der Waals surface area contributed by atoms with Gasteiger partial charge in [0, 0.05) is 17.1 Å². The largest absolute Gasteiger partial charge is 0.313 e. The molecule has 0 aliphatic carbocycles. The van der Waals surface area contributed by atoms with E-state index in [9.17, 15) is 0 Å². The molecule has 0 amide bonds. The molecule has 0 fully saturated rings. The molecule has 84 valence electrons. The lowest BCUT2D eigenvalue weighted by atomic mass is 10.1. The van der Waals surface area contributed by atoms with E-state index in [0.717, 1.165) is 21.7 Å². The van der Waals surface area contributed by atoms with E-state index in [1.54, 1.807) is 0 Å². The molecule has 0 aliphatic rings. The van der Waals surface area contributed by atoms with Crippen LogP contribution < -0.4 is 0 Å². The summed E-state index contributed by atoms with van der Waals surface area (Å²) in [5.41, 5.74) is 2.23. The molecule has 0 unspecified atom stereocenters. The van der Waals surface area contributed by atoms with Gasteiger partial charge >= 0.3 is 0 Å². The van der Waals surface area contributed by atoms with Crippen LogP contribution in [0.25, 0.3) is 11.4 Å². The van der Waals surface area contributed by atoms with Crippen LogP contribution in [0, 0.1) is 6.92 Å². The first-order valence-electron chi connectivity index (χ1n) is 4.84. The maximum Gasteiger partial charge on any atom is 0.163 e. The zero-order valence-corrected chi connectivity index (χ0v) is 11.4. The van der Waals surface area contributed by atoms with Crippen LogP contribution in [0.2, 0.25) is 0 Å². The molecule has 0 radical (unpaired) electrons. The van der Waals surface area contributed by atoms with E-state index in [4.69, 9.17) is 11.6 Å². The van der Waals surface area contributed by atoms with Gasteiger partial charge in [0.15, 0.2) is 5.82 Å². The zero-order chi connectivity index (χ0) is 11.7. The predicted octanol–water partition coefficient (Wildman–Crippen LogP) is 3.29. The molecule has 1 aromatic heterocycles. The summed E-state index contributed by atoms with van der Waals surface area (Å²) in [4.78, 5) is 0. The molecule has 5 heteroatoms. The lowest BCUT2D eigenvalue weighted by Crippen LogP contribution is -1.97. The van der Waals surface area contributed by atoms with Crippen LogP contribution in [0.1, 0.15) is 11.4 Å². The molecule has 0 atom stereocenters. The molecule has 2 aromatic rings. The number of hydrogen-bond donors (Lipinski definition) is 0. The summed E-state index contributed by atoms with van der Waals surface area (Å²) in [7, 11) is 1.92. The molecule has 0 N–H and O–H groups in total. The molecule has 1 heterocycles. The summed E-state index contributed by atoms with van der Waals surface area (Å²) in [6, 6.07) is 6.12. The van der Waals surface area contributed by atoms with Crippen molar-refractivity contribution in [2.24, 2.45) is 7.05 Å². The maximum atomic E-state index is 5.76. The Morgan fingerprint density at radius 3 is 2.69 bits per heavy atom. The average molecular weight is 301 g/mol. The number of halogens is 2. The van der Waals surface area contributed by atoms with E-state index < -0.39 is 0 Å². The van der Waals surface area contributed by atoms with Gasteiger partial charge in [0.2, 0.25) is 0 Å². The fraction of sp³-hybridized carbons (Fsp3) is 0.273. The lowest BCUT2D eigenvalue weighted by Gasteiger charge is -2.04. The van der Waals surface area contributed by atoms with Crippen LogP contribution in [0.3, 0.4) is 0 Å². The highest BCUT2D eigenvalue weighted by atomic mass is 79.9. The van der Waals surface area contributed by atoms with Gasteiger partial charge in [-0.05, 0) is 18.6 Å². The van der Waals surface area contributed by atoms with Gasteiger partial charge in [0.1, 0.15) is 5.82 Å². The number of rotatable bonds is 2. The average Bonchev–Trinajstić information content (AvgIpc) is 2.64. The van der Waals surface area contributed by atoms with Gasteiger partial charge in [-0.15, -0.1) is 21.8 Å². The summed E-state index contributed by atoms with van der Waals surface area (Å²) in [5, 5.41) is 8.16. The Hall–Kier alpha value is -0.870. The number of aryl methyl sites for hydroxylation is 1. The van der Waals surface area contributed by atoms with E-state index in [1.807, 2.05) is 23.7 Å². The van der Waals surface area contributed by atoms with Crippen LogP contribution in [0.4, 0.5) is 0 Å². The maximum absolute atomic E-state index is 5.76. The van der Waals surface area contributed by atoms with E-state index >= 15 is 0 Å². The highest BCUT2D eigenvalue weighted by Gasteiger charge is 2.10. The van der Waals surface area contributed by atoms with E-state index in [1.165, 1.54) is 5.56 Å². The zero-order valence-electron chi connectivity index (χ0n) is 9.04. The Labute approximate surface area is 108 Å². The third-order valence-electron chi connectivity index (χ3n) is 2.51. The van der Waals surface area contributed by atoms with Crippen molar-refractivity contribution in [2.45, 2.75) is 12.8 Å². The van der Waals surface area contributed by atoms with Crippen molar-refractivity contribution in [3.05, 3.63) is 34.1 Å². The summed E-state index contributed by atoms with van der Waals surface area (Å²) < 4.78 is 2.98. The van der Waals surface area contributed by atoms with Gasteiger partial charge < -0.3 is 4.57 Å². The highest BCUT2D eigenvalue weighted by molar-refractivity contribution is 9.10. The van der Waals surface area contributed by atoms with E-state index in [0.29, 0.717) is 5.88 Å². The molecule has 0 bridgehead atoms. The molecule has 3 nitrogen and oxygen atoms in total. The fourth-order valence-electron chi connectivity index (χ4n) is 1.46. The second kappa shape index (κ2) is 4.55. The van der Waals surface area contributed by atoms with Crippen LogP contribution in [-0.4, -0.2) is 14.8 Å². The molecule has 0 saturated carbocycles. The van der Waals surface area contributed by atoms with Crippen molar-refractivity contribution in [3.63, 3.8) is 0 Å². The first-order chi connectivity index (χ1) is 7.63. The van der Waals surface area contributed by atoms with Crippen molar-refractivity contribution in [1.29, 1.82) is 0 Å². The molecule has 0 spiro atoms. The van der Waals surface area contributed by atoms with Gasteiger partial charge in [-0.1, -0.05) is 28.1 Å². The molecule has 2 rings (SSSR count). The first-order valence-corrected chi connectivity index (χ1v) is 6.17. The van der Waals surface area contributed by atoms with Crippen molar-refractivity contribution in [3.8, 4) is 11.4 Å². The van der Waals surface area contributed by atoms with Gasteiger partial charge in [0.25, 0.3) is 0 Å². The number of aromatic nitrogens is 3. The van der Waals surface area contributed by atoms with Gasteiger partial charge in [-0.2, -0.15) is 0 Å². The molecule has 0 saturated heterocycles. The Morgan fingerprint density at radius 1 is 1.38 bits per heavy atom. The second-order valence-electron chi connectivity index (χ2n) is 3.60. The standard InChI is InChI=1S/C11H11BrClN3/c1-7-3-4-8(5-9(7)12)11-15-14-10(6-13)16(11)2/h3-5H,6H2,1-2H3. The minimum atomic E-state index is 0.372. The van der Waals surface area contributed by atoms with Crippen molar-refractivity contribution >= 4 is 27.5 Å². The first kappa shape index (κ1) is 11.6. The molecular formula is C11H11BrClN3. The molecular weight excluding hydrogens is 289 g/mol. The van der Waals surface area contributed by atoms with Gasteiger partial charge in [0.05, 0.1) is 5.88 Å². The third-order valence-corrected chi connectivity index (χ3v) is 3.61. The van der Waals surface area contributed by atoms with Crippen LogP contribution in [0.15, 0.2) is 22.7 Å². The number of hydrogen-bond acceptors (Lipinski definition) is 2. The molecule has 16 heavy (non-hydrogen) atoms. The fourth-order valence-corrected chi connectivity index (χ4v) is 2.07. The SMILES string of the molecule is Cc1ccc(-c2nnc(CCl)n2C)cc1Br. The Balaban J connectivity index is 2.50. The number of nitrogens with zero attached hydrogens (tertiary/aromatic N) is 3. The summed E-state index contributed by atoms with van der Waals surface area (Å²) >= 11 is 9.27. The minimum Gasteiger partial charge on any atom is -0.313 e. The van der Waals surface area contributed by atoms with E-state index in [-0.39, 0.29) is 0 Å². The van der Waals surface area contributed by atoms with Gasteiger partial charge in [-0.25, -0.2) is 0 Å². The predicted molar refractivity (Wildman–Crippen MR) is 68.4 cm³/mol. The van der Waals surface area contributed by atoms with Crippen molar-refractivity contribution < 1.29 is 0 Å². The van der Waals surface area contributed by atoms with E-state index in [2.05, 4.69) is 39.1 Å². The monoisotopic (exact) mass is 299 g/mol. The second-order valence-corrected chi connectivity index (χ2v) is 4.72. The summed E-state index contributed by atoms with van der Waals surface area (Å²) in [6.45, 7) is 2.05. The van der Waals surface area contributed by atoms with Gasteiger partial charge in [-0.3, -0.25) is 0 Å². The molecule has 0 aliphatic heterocycles. The summed E-state index contributed by atoms with van der Waals surface area (Å²) in [6.07, 6.45) is 0. The van der Waals surface area contributed by atoms with Crippen LogP contribution >= 0.6 is 27.5 Å². The Bertz CT molecular complexity index is 522. The Kier molecular flexibility index (Phi) is 3.30. The summed E-state index contributed by atoms with van der Waals surface area (Å²) in [5.74, 6) is 1.97.